The first-order valence-corrected chi connectivity index (χ1v) is 12.3. The number of nitrogens with zero attached hydrogens (tertiary/aromatic N) is 2. The van der Waals surface area contributed by atoms with Crippen molar-refractivity contribution in [1.29, 1.82) is 0 Å². The molecule has 0 aromatic heterocycles. The molecule has 2 aromatic carbocycles. The summed E-state index contributed by atoms with van der Waals surface area (Å²) in [6.45, 7) is 2.54. The van der Waals surface area contributed by atoms with E-state index in [1.54, 1.807) is 11.0 Å². The summed E-state index contributed by atoms with van der Waals surface area (Å²) in [6.07, 6.45) is 3.31. The molecule has 0 bridgehead atoms. The molecule has 170 valence electrons. The Morgan fingerprint density at radius 3 is 2.28 bits per heavy atom. The highest BCUT2D eigenvalue weighted by Crippen LogP contribution is 2.24. The lowest BCUT2D eigenvalue weighted by Gasteiger charge is -2.33. The molecule has 1 N–H and O–H groups in total. The maximum atomic E-state index is 13.9. The van der Waals surface area contributed by atoms with Gasteiger partial charge in [-0.25, -0.2) is 12.8 Å². The van der Waals surface area contributed by atoms with Crippen LogP contribution in [0.15, 0.2) is 53.4 Å². The average molecular weight is 460 g/mol. The summed E-state index contributed by atoms with van der Waals surface area (Å²) in [5, 5.41) is 0. The van der Waals surface area contributed by atoms with Gasteiger partial charge in [0, 0.05) is 37.7 Å². The van der Waals surface area contributed by atoms with E-state index in [2.05, 4.69) is 4.72 Å². The van der Waals surface area contributed by atoms with Crippen LogP contribution in [0.1, 0.15) is 36.0 Å². The van der Waals surface area contributed by atoms with Crippen LogP contribution in [0.3, 0.4) is 0 Å². The van der Waals surface area contributed by atoms with Gasteiger partial charge in [0.25, 0.3) is 15.9 Å². The smallest absolute Gasteiger partial charge is 0.262 e. The van der Waals surface area contributed by atoms with Crippen LogP contribution in [-0.4, -0.2) is 56.2 Å². The minimum atomic E-state index is -4.06. The molecule has 32 heavy (non-hydrogen) atoms. The van der Waals surface area contributed by atoms with E-state index in [0.29, 0.717) is 25.9 Å². The van der Waals surface area contributed by atoms with E-state index < -0.39 is 15.8 Å². The lowest BCUT2D eigenvalue weighted by atomic mass is 9.95. The number of likely N-dealkylation sites (tertiary alicyclic amines) is 2. The number of amides is 2. The van der Waals surface area contributed by atoms with E-state index in [-0.39, 0.29) is 33.9 Å². The molecule has 2 amide bonds. The van der Waals surface area contributed by atoms with Crippen molar-refractivity contribution in [3.8, 4) is 0 Å². The summed E-state index contributed by atoms with van der Waals surface area (Å²) in [5.41, 5.74) is 0.0831. The predicted molar refractivity (Wildman–Crippen MR) is 118 cm³/mol. The molecule has 0 saturated carbocycles. The molecule has 4 rings (SSSR count). The Morgan fingerprint density at radius 2 is 1.59 bits per heavy atom. The topological polar surface area (TPSA) is 86.8 Å². The number of halogens is 1. The Labute approximate surface area is 187 Å². The number of anilines is 1. The van der Waals surface area contributed by atoms with Crippen molar-refractivity contribution < 1.29 is 22.4 Å². The molecule has 2 aliphatic heterocycles. The summed E-state index contributed by atoms with van der Waals surface area (Å²) in [7, 11) is -4.06. The quantitative estimate of drug-likeness (QED) is 0.745. The van der Waals surface area contributed by atoms with Crippen molar-refractivity contribution >= 4 is 27.5 Å². The molecule has 2 aliphatic rings. The van der Waals surface area contributed by atoms with Crippen molar-refractivity contribution in [2.75, 3.05) is 30.9 Å². The van der Waals surface area contributed by atoms with Crippen LogP contribution in [0.25, 0.3) is 0 Å². The predicted octanol–water partition coefficient (Wildman–Crippen LogP) is 3.10. The molecular formula is C23H26FN3O4S. The summed E-state index contributed by atoms with van der Waals surface area (Å²) in [6, 6.07) is 11.2. The molecule has 0 unspecified atom stereocenters. The monoisotopic (exact) mass is 459 g/mol. The van der Waals surface area contributed by atoms with Gasteiger partial charge >= 0.3 is 0 Å². The fourth-order valence-corrected chi connectivity index (χ4v) is 5.36. The number of para-hydroxylation sites is 1. The van der Waals surface area contributed by atoms with E-state index in [0.717, 1.165) is 32.0 Å². The SMILES string of the molecule is O=C(c1cccc(S(=O)(=O)Nc2ccccc2F)c1)N1CCC(C(=O)N2CCCC2)CC1. The number of piperidine rings is 1. The molecule has 0 aliphatic carbocycles. The highest BCUT2D eigenvalue weighted by atomic mass is 32.2. The van der Waals surface area contributed by atoms with Crippen molar-refractivity contribution in [3.63, 3.8) is 0 Å². The Hall–Kier alpha value is -2.94. The van der Waals surface area contributed by atoms with Gasteiger partial charge in [-0.2, -0.15) is 0 Å². The summed E-state index contributed by atoms with van der Waals surface area (Å²) >= 11 is 0. The standard InChI is InChI=1S/C23H26FN3O4S/c24-20-8-1-2-9-21(20)25-32(30,31)19-7-5-6-18(16-19)23(29)27-14-10-17(11-15-27)22(28)26-12-3-4-13-26/h1-2,5-9,16-17,25H,3-4,10-15H2. The third-order valence-corrected chi connectivity index (χ3v) is 7.42. The first-order valence-electron chi connectivity index (χ1n) is 10.8. The Kier molecular flexibility index (Phi) is 6.45. The zero-order valence-electron chi connectivity index (χ0n) is 17.7. The third-order valence-electron chi connectivity index (χ3n) is 6.06. The summed E-state index contributed by atoms with van der Waals surface area (Å²) in [5.74, 6) is -0.842. The van der Waals surface area contributed by atoms with Gasteiger partial charge in [-0.15, -0.1) is 0 Å². The molecule has 2 heterocycles. The van der Waals surface area contributed by atoms with E-state index >= 15 is 0 Å². The van der Waals surface area contributed by atoms with Gasteiger partial charge in [0.1, 0.15) is 5.82 Å². The number of sulfonamides is 1. The van der Waals surface area contributed by atoms with Crippen molar-refractivity contribution in [2.45, 2.75) is 30.6 Å². The zero-order valence-corrected chi connectivity index (χ0v) is 18.5. The van der Waals surface area contributed by atoms with Crippen LogP contribution in [0.5, 0.6) is 0 Å². The van der Waals surface area contributed by atoms with Crippen molar-refractivity contribution in [3.05, 3.63) is 59.9 Å². The third kappa shape index (κ3) is 4.77. The van der Waals surface area contributed by atoms with Crippen LogP contribution >= 0.6 is 0 Å². The molecule has 2 saturated heterocycles. The fraction of sp³-hybridized carbons (Fsp3) is 0.391. The van der Waals surface area contributed by atoms with E-state index in [9.17, 15) is 22.4 Å². The summed E-state index contributed by atoms with van der Waals surface area (Å²) in [4.78, 5) is 29.0. The Morgan fingerprint density at radius 1 is 0.906 bits per heavy atom. The number of benzene rings is 2. The number of nitrogens with one attached hydrogen (secondary N) is 1. The molecule has 0 atom stereocenters. The van der Waals surface area contributed by atoms with Crippen LogP contribution < -0.4 is 4.72 Å². The highest BCUT2D eigenvalue weighted by Gasteiger charge is 2.31. The van der Waals surface area contributed by atoms with Gasteiger partial charge in [0.05, 0.1) is 10.6 Å². The maximum absolute atomic E-state index is 13.9. The van der Waals surface area contributed by atoms with Crippen LogP contribution in [0.2, 0.25) is 0 Å². The van der Waals surface area contributed by atoms with Crippen molar-refractivity contribution in [2.24, 2.45) is 5.92 Å². The van der Waals surface area contributed by atoms with E-state index in [1.165, 1.54) is 36.4 Å². The molecule has 2 fully saturated rings. The van der Waals surface area contributed by atoms with Gasteiger partial charge in [0.15, 0.2) is 0 Å². The second-order valence-corrected chi connectivity index (χ2v) is 9.89. The molecule has 9 heteroatoms. The average Bonchev–Trinajstić information content (AvgIpc) is 3.35. The maximum Gasteiger partial charge on any atom is 0.262 e. The second-order valence-electron chi connectivity index (χ2n) is 8.21. The molecule has 0 radical (unpaired) electrons. The second kappa shape index (κ2) is 9.28. The van der Waals surface area contributed by atoms with Crippen LogP contribution in [-0.2, 0) is 14.8 Å². The van der Waals surface area contributed by atoms with Crippen molar-refractivity contribution in [1.82, 2.24) is 9.80 Å². The lowest BCUT2D eigenvalue weighted by Crippen LogP contribution is -2.43. The first kappa shape index (κ1) is 22.3. The number of hydrogen-bond acceptors (Lipinski definition) is 4. The minimum Gasteiger partial charge on any atom is -0.342 e. The van der Waals surface area contributed by atoms with Gasteiger partial charge in [-0.05, 0) is 56.0 Å². The zero-order chi connectivity index (χ0) is 22.7. The fourth-order valence-electron chi connectivity index (χ4n) is 4.25. The molecule has 0 spiro atoms. The van der Waals surface area contributed by atoms with Crippen LogP contribution in [0, 0.1) is 11.7 Å². The minimum absolute atomic E-state index is 0.0613. The van der Waals surface area contributed by atoms with Gasteiger partial charge < -0.3 is 9.80 Å². The number of carbonyl (C=O) groups excluding carboxylic acids is 2. The van der Waals surface area contributed by atoms with Crippen LogP contribution in [0.4, 0.5) is 10.1 Å². The molecular weight excluding hydrogens is 433 g/mol. The van der Waals surface area contributed by atoms with Gasteiger partial charge in [-0.1, -0.05) is 18.2 Å². The van der Waals surface area contributed by atoms with E-state index in [4.69, 9.17) is 0 Å². The molecule has 7 nitrogen and oxygen atoms in total. The largest absolute Gasteiger partial charge is 0.342 e. The Balaban J connectivity index is 1.42. The normalized spacial score (nSPS) is 17.4. The number of hydrogen-bond donors (Lipinski definition) is 1. The lowest BCUT2D eigenvalue weighted by molar-refractivity contribution is -0.135. The van der Waals surface area contributed by atoms with Gasteiger partial charge in [-0.3, -0.25) is 14.3 Å². The van der Waals surface area contributed by atoms with Gasteiger partial charge in [0.2, 0.25) is 5.91 Å². The first-order chi connectivity index (χ1) is 15.3. The Bertz CT molecular complexity index is 1110. The summed E-state index contributed by atoms with van der Waals surface area (Å²) < 4.78 is 41.5. The number of carbonyl (C=O) groups is 2. The molecule has 2 aromatic rings. The van der Waals surface area contributed by atoms with E-state index in [1.807, 2.05) is 4.90 Å². The number of rotatable bonds is 5. The highest BCUT2D eigenvalue weighted by molar-refractivity contribution is 7.92.